The Hall–Kier alpha value is -0.700. The number of hydrogen-bond donors (Lipinski definition) is 1. The van der Waals surface area contributed by atoms with Crippen molar-refractivity contribution in [3.05, 3.63) is 12.4 Å². The summed E-state index contributed by atoms with van der Waals surface area (Å²) < 4.78 is 0. The largest absolute Gasteiger partial charge is 0.396 e. The number of hydrogen-bond acceptors (Lipinski definition) is 3. The molecule has 11 heavy (non-hydrogen) atoms. The lowest BCUT2D eigenvalue weighted by atomic mass is 10.4. The van der Waals surface area contributed by atoms with Crippen LogP contribution >= 0.6 is 0 Å². The topological polar surface area (TPSA) is 26.7 Å². The van der Waals surface area contributed by atoms with Crippen LogP contribution in [0.3, 0.4) is 0 Å². The summed E-state index contributed by atoms with van der Waals surface area (Å²) in [5.74, 6) is 0. The maximum Gasteiger partial charge on any atom is 0.0893 e. The highest BCUT2D eigenvalue weighted by Gasteiger charge is 2.08. The summed E-state index contributed by atoms with van der Waals surface area (Å²) in [7, 11) is 0. The molecule has 3 heteroatoms. The lowest BCUT2D eigenvalue weighted by molar-refractivity contribution is 0.232. The zero-order valence-corrected chi connectivity index (χ0v) is 7.03. The van der Waals surface area contributed by atoms with E-state index in [0.717, 1.165) is 26.2 Å². The second-order valence-electron chi connectivity index (χ2n) is 2.73. The van der Waals surface area contributed by atoms with E-state index in [-0.39, 0.29) is 6.61 Å². The van der Waals surface area contributed by atoms with Crippen molar-refractivity contribution in [1.29, 1.82) is 0 Å². The van der Waals surface area contributed by atoms with Gasteiger partial charge in [-0.2, -0.15) is 0 Å². The maximum atomic E-state index is 8.59. The van der Waals surface area contributed by atoms with Crippen LogP contribution in [0.5, 0.6) is 0 Å². The van der Waals surface area contributed by atoms with E-state index < -0.39 is 0 Å². The van der Waals surface area contributed by atoms with Crippen LogP contribution in [-0.2, 0) is 0 Å². The number of aliphatic hydroxyl groups is 1. The molecule has 0 unspecified atom stereocenters. The molecule has 1 aliphatic heterocycles. The van der Waals surface area contributed by atoms with Gasteiger partial charge in [0.25, 0.3) is 0 Å². The third-order valence-electron chi connectivity index (χ3n) is 1.86. The molecule has 1 N–H and O–H groups in total. The van der Waals surface area contributed by atoms with Crippen LogP contribution in [0.1, 0.15) is 13.3 Å². The zero-order chi connectivity index (χ0) is 8.10. The molecule has 0 aromatic rings. The monoisotopic (exact) mass is 156 g/mol. The van der Waals surface area contributed by atoms with Gasteiger partial charge in [0.15, 0.2) is 0 Å². The third kappa shape index (κ3) is 2.42. The molecule has 1 heterocycles. The molecular formula is C8H16N2O. The molecule has 0 saturated carbocycles. The SMILES string of the molecule is CCN1C=CN(CCCO)C1. The first-order valence-electron chi connectivity index (χ1n) is 4.14. The minimum atomic E-state index is 0.288. The summed E-state index contributed by atoms with van der Waals surface area (Å²) in [6, 6.07) is 0. The molecule has 64 valence electrons. The fourth-order valence-corrected chi connectivity index (χ4v) is 1.14. The Morgan fingerprint density at radius 2 is 2.09 bits per heavy atom. The quantitative estimate of drug-likeness (QED) is 0.639. The number of nitrogens with zero attached hydrogens (tertiary/aromatic N) is 2. The van der Waals surface area contributed by atoms with Crippen LogP contribution < -0.4 is 0 Å². The molecular weight excluding hydrogens is 140 g/mol. The Balaban J connectivity index is 2.15. The van der Waals surface area contributed by atoms with E-state index in [1.54, 1.807) is 0 Å². The Morgan fingerprint density at radius 1 is 1.36 bits per heavy atom. The molecule has 0 atom stereocenters. The molecule has 0 spiro atoms. The van der Waals surface area contributed by atoms with Crippen molar-refractivity contribution >= 4 is 0 Å². The molecule has 0 aromatic heterocycles. The number of aliphatic hydroxyl groups excluding tert-OH is 1. The number of rotatable bonds is 4. The van der Waals surface area contributed by atoms with E-state index in [9.17, 15) is 0 Å². The van der Waals surface area contributed by atoms with Gasteiger partial charge >= 0.3 is 0 Å². The van der Waals surface area contributed by atoms with E-state index in [0.29, 0.717) is 0 Å². The first-order valence-corrected chi connectivity index (χ1v) is 4.14. The van der Waals surface area contributed by atoms with Gasteiger partial charge < -0.3 is 14.9 Å². The smallest absolute Gasteiger partial charge is 0.0893 e. The predicted molar refractivity (Wildman–Crippen MR) is 44.8 cm³/mol. The predicted octanol–water partition coefficient (Wildman–Crippen LogP) is 0.435. The summed E-state index contributed by atoms with van der Waals surface area (Å²) in [4.78, 5) is 4.44. The molecule has 0 radical (unpaired) electrons. The molecule has 0 amide bonds. The van der Waals surface area contributed by atoms with E-state index in [4.69, 9.17) is 5.11 Å². The van der Waals surface area contributed by atoms with Gasteiger partial charge in [0, 0.05) is 32.1 Å². The normalized spacial score (nSPS) is 16.5. The third-order valence-corrected chi connectivity index (χ3v) is 1.86. The van der Waals surface area contributed by atoms with Crippen molar-refractivity contribution in [3.63, 3.8) is 0 Å². The van der Waals surface area contributed by atoms with Crippen molar-refractivity contribution in [2.45, 2.75) is 13.3 Å². The van der Waals surface area contributed by atoms with E-state index in [1.165, 1.54) is 0 Å². The van der Waals surface area contributed by atoms with Gasteiger partial charge in [0.05, 0.1) is 6.67 Å². The highest BCUT2D eigenvalue weighted by molar-refractivity contribution is 4.89. The molecule has 0 aliphatic carbocycles. The summed E-state index contributed by atoms with van der Waals surface area (Å²) in [5.41, 5.74) is 0. The molecule has 0 bridgehead atoms. The Labute approximate surface area is 67.9 Å². The van der Waals surface area contributed by atoms with Gasteiger partial charge in [-0.3, -0.25) is 0 Å². The van der Waals surface area contributed by atoms with Crippen molar-refractivity contribution in [2.24, 2.45) is 0 Å². The maximum absolute atomic E-state index is 8.59. The van der Waals surface area contributed by atoms with E-state index in [1.807, 2.05) is 0 Å². The fourth-order valence-electron chi connectivity index (χ4n) is 1.14. The minimum Gasteiger partial charge on any atom is -0.396 e. The average Bonchev–Trinajstić information content (AvgIpc) is 2.48. The first kappa shape index (κ1) is 8.40. The van der Waals surface area contributed by atoms with Gasteiger partial charge in [0.2, 0.25) is 0 Å². The second kappa shape index (κ2) is 4.23. The Bertz CT molecular complexity index is 136. The van der Waals surface area contributed by atoms with Gasteiger partial charge in [-0.05, 0) is 13.3 Å². The van der Waals surface area contributed by atoms with Crippen molar-refractivity contribution in [1.82, 2.24) is 9.80 Å². The zero-order valence-electron chi connectivity index (χ0n) is 7.03. The van der Waals surface area contributed by atoms with Crippen molar-refractivity contribution < 1.29 is 5.11 Å². The molecule has 3 nitrogen and oxygen atoms in total. The van der Waals surface area contributed by atoms with Gasteiger partial charge in [-0.25, -0.2) is 0 Å². The molecule has 0 aromatic carbocycles. The van der Waals surface area contributed by atoms with Crippen molar-refractivity contribution in [2.75, 3.05) is 26.4 Å². The lowest BCUT2D eigenvalue weighted by Gasteiger charge is -2.19. The first-order chi connectivity index (χ1) is 5.36. The van der Waals surface area contributed by atoms with Gasteiger partial charge in [0.1, 0.15) is 0 Å². The van der Waals surface area contributed by atoms with Crippen LogP contribution in [0.25, 0.3) is 0 Å². The lowest BCUT2D eigenvalue weighted by Crippen LogP contribution is -2.26. The van der Waals surface area contributed by atoms with Crippen LogP contribution in [-0.4, -0.2) is 41.3 Å². The van der Waals surface area contributed by atoms with E-state index >= 15 is 0 Å². The highest BCUT2D eigenvalue weighted by Crippen LogP contribution is 2.05. The fraction of sp³-hybridized carbons (Fsp3) is 0.750. The highest BCUT2D eigenvalue weighted by atomic mass is 16.3. The summed E-state index contributed by atoms with van der Waals surface area (Å²) in [6.07, 6.45) is 5.04. The molecule has 0 fully saturated rings. The van der Waals surface area contributed by atoms with Crippen LogP contribution in [0.2, 0.25) is 0 Å². The molecule has 1 rings (SSSR count). The summed E-state index contributed by atoms with van der Waals surface area (Å²) >= 11 is 0. The van der Waals surface area contributed by atoms with Crippen LogP contribution in [0, 0.1) is 0 Å². The van der Waals surface area contributed by atoms with Gasteiger partial charge in [-0.15, -0.1) is 0 Å². The van der Waals surface area contributed by atoms with Crippen molar-refractivity contribution in [3.8, 4) is 0 Å². The van der Waals surface area contributed by atoms with Crippen LogP contribution in [0.15, 0.2) is 12.4 Å². The molecule has 1 aliphatic rings. The minimum absolute atomic E-state index is 0.288. The Kier molecular flexibility index (Phi) is 3.23. The van der Waals surface area contributed by atoms with E-state index in [2.05, 4.69) is 29.1 Å². The van der Waals surface area contributed by atoms with Crippen LogP contribution in [0.4, 0.5) is 0 Å². The average molecular weight is 156 g/mol. The summed E-state index contributed by atoms with van der Waals surface area (Å²) in [5, 5.41) is 8.59. The Morgan fingerprint density at radius 3 is 2.64 bits per heavy atom. The standard InChI is InChI=1S/C8H16N2O/c1-2-9-5-6-10(8-9)4-3-7-11/h5-6,11H,2-4,7-8H2,1H3. The summed E-state index contributed by atoms with van der Waals surface area (Å²) in [6.45, 7) is 5.43. The van der Waals surface area contributed by atoms with Gasteiger partial charge in [-0.1, -0.05) is 0 Å². The molecule has 0 saturated heterocycles. The second-order valence-corrected chi connectivity index (χ2v) is 2.73.